The molecule has 22 heteroatoms. The zero-order valence-corrected chi connectivity index (χ0v) is 43.7. The van der Waals surface area contributed by atoms with Gasteiger partial charge in [-0.2, -0.15) is 30.9 Å². The number of thioether (sulfide) groups is 2. The van der Waals surface area contributed by atoms with Crippen LogP contribution >= 0.6 is 46.7 Å². The number of halogens is 5. The van der Waals surface area contributed by atoms with Gasteiger partial charge in [0.05, 0.1) is 27.4 Å². The number of unbranched alkanes of at least 4 members (excludes halogenated alkanes) is 8. The standard InChI is InChI=1S/C28H35ClN4O3S2.C19H22ClF3N2O4S2/c1-3-4-5-6-10-16-25-26(30-28(37-2)33(27(25)34)23-13-11-12-22(29)21-23)31-17-19-32(20-18-31)38(35,36)24-14-8-7-9-15-24;1-3-4-5-6-7-11-15-16(29-31(27,28)19(21,22)23)24-18(30-2)25(17(15)26)14-10-8-9-13(20)12-14/h7-9,11-15,21H,3-6,10,16-20H2,1-2H3;8-10,12H,3-7,11H2,1-2H3. The van der Waals surface area contributed by atoms with Crippen molar-refractivity contribution < 1.29 is 34.2 Å². The summed E-state index contributed by atoms with van der Waals surface area (Å²) in [6.07, 6.45) is 13.6. The van der Waals surface area contributed by atoms with Gasteiger partial charge in [0.1, 0.15) is 5.82 Å². The van der Waals surface area contributed by atoms with Gasteiger partial charge in [0.15, 0.2) is 10.3 Å². The summed E-state index contributed by atoms with van der Waals surface area (Å²) >= 11 is 14.6. The van der Waals surface area contributed by atoms with E-state index >= 15 is 0 Å². The minimum Gasteiger partial charge on any atom is -0.355 e. The average Bonchev–Trinajstić information content (AvgIpc) is 3.32. The molecule has 0 saturated carbocycles. The third-order valence-corrected chi connectivity index (χ3v) is 15.8. The first-order chi connectivity index (χ1) is 32.9. The minimum atomic E-state index is -5.98. The van der Waals surface area contributed by atoms with Crippen LogP contribution in [0.3, 0.4) is 0 Å². The van der Waals surface area contributed by atoms with Crippen molar-refractivity contribution in [2.75, 3.05) is 43.6 Å². The van der Waals surface area contributed by atoms with Gasteiger partial charge in [0.2, 0.25) is 15.9 Å². The van der Waals surface area contributed by atoms with Gasteiger partial charge < -0.3 is 9.08 Å². The molecule has 1 saturated heterocycles. The molecular weight excluding hydrogens is 1020 g/mol. The second kappa shape index (κ2) is 25.9. The molecule has 5 aromatic rings. The largest absolute Gasteiger partial charge is 0.534 e. The second-order valence-electron chi connectivity index (χ2n) is 16.0. The Bertz CT molecular complexity index is 2850. The van der Waals surface area contributed by atoms with E-state index < -0.39 is 37.1 Å². The van der Waals surface area contributed by atoms with Gasteiger partial charge in [-0.3, -0.25) is 18.7 Å². The first-order valence-corrected chi connectivity index (χ1v) is 28.7. The zero-order chi connectivity index (χ0) is 50.4. The summed E-state index contributed by atoms with van der Waals surface area (Å²) < 4.78 is 96.7. The van der Waals surface area contributed by atoms with E-state index in [0.29, 0.717) is 81.9 Å². The maximum absolute atomic E-state index is 14.0. The molecule has 0 bridgehead atoms. The summed E-state index contributed by atoms with van der Waals surface area (Å²) in [6, 6.07) is 22.1. The van der Waals surface area contributed by atoms with Crippen LogP contribution in [0.2, 0.25) is 10.0 Å². The van der Waals surface area contributed by atoms with Crippen LogP contribution in [-0.2, 0) is 33.0 Å². The van der Waals surface area contributed by atoms with Gasteiger partial charge >= 0.3 is 15.6 Å². The van der Waals surface area contributed by atoms with Crippen molar-refractivity contribution >= 4 is 72.7 Å². The Balaban J connectivity index is 0.000000263. The summed E-state index contributed by atoms with van der Waals surface area (Å²) in [5.74, 6) is -0.176. The fourth-order valence-electron chi connectivity index (χ4n) is 7.61. The quantitative estimate of drug-likeness (QED) is 0.0226. The van der Waals surface area contributed by atoms with Gasteiger partial charge in [-0.25, -0.2) is 13.4 Å². The Morgan fingerprint density at radius 3 is 1.59 bits per heavy atom. The van der Waals surface area contributed by atoms with Crippen LogP contribution in [0.1, 0.15) is 89.2 Å². The summed E-state index contributed by atoms with van der Waals surface area (Å²) in [4.78, 5) is 38.5. The fraction of sp³-hybridized carbons (Fsp3) is 0.447. The molecule has 0 N–H and O–H groups in total. The molecule has 0 spiro atoms. The third kappa shape index (κ3) is 14.5. The van der Waals surface area contributed by atoms with E-state index in [1.807, 2.05) is 25.3 Å². The number of benzene rings is 3. The summed E-state index contributed by atoms with van der Waals surface area (Å²) in [6.45, 7) is 5.82. The second-order valence-corrected chi connectivity index (χ2v) is 21.9. The smallest absolute Gasteiger partial charge is 0.355 e. The zero-order valence-electron chi connectivity index (χ0n) is 38.9. The maximum Gasteiger partial charge on any atom is 0.534 e. The van der Waals surface area contributed by atoms with Crippen LogP contribution in [-0.4, -0.2) is 84.4 Å². The Morgan fingerprint density at radius 2 is 1.12 bits per heavy atom. The Kier molecular flexibility index (Phi) is 21.0. The number of hydrogen-bond acceptors (Lipinski definition) is 12. The predicted octanol–water partition coefficient (Wildman–Crippen LogP) is 11.0. The lowest BCUT2D eigenvalue weighted by Gasteiger charge is -2.35. The lowest BCUT2D eigenvalue weighted by atomic mass is 10.1. The monoisotopic (exact) mass is 1070 g/mol. The van der Waals surface area contributed by atoms with E-state index in [4.69, 9.17) is 28.2 Å². The Morgan fingerprint density at radius 1 is 0.638 bits per heavy atom. The molecule has 1 aliphatic heterocycles. The summed E-state index contributed by atoms with van der Waals surface area (Å²) in [5.41, 5.74) is -4.94. The number of nitrogens with zero attached hydrogens (tertiary/aromatic N) is 6. The van der Waals surface area contributed by atoms with Gasteiger partial charge in [0.25, 0.3) is 11.1 Å². The molecule has 376 valence electrons. The number of piperazine rings is 1. The molecular formula is C47H57Cl2F3N6O7S4. The lowest BCUT2D eigenvalue weighted by Crippen LogP contribution is -2.49. The average molecular weight is 1070 g/mol. The summed E-state index contributed by atoms with van der Waals surface area (Å²) in [5, 5.41) is 1.45. The van der Waals surface area contributed by atoms with Crippen molar-refractivity contribution in [3.8, 4) is 17.3 Å². The van der Waals surface area contributed by atoms with E-state index in [1.54, 1.807) is 71.5 Å². The van der Waals surface area contributed by atoms with Crippen molar-refractivity contribution in [3.63, 3.8) is 0 Å². The van der Waals surface area contributed by atoms with E-state index in [2.05, 4.69) is 21.0 Å². The molecule has 6 rings (SSSR count). The van der Waals surface area contributed by atoms with Crippen molar-refractivity contribution in [3.05, 3.63) is 121 Å². The highest BCUT2D eigenvalue weighted by molar-refractivity contribution is 7.98. The number of rotatable bonds is 21. The van der Waals surface area contributed by atoms with E-state index in [1.165, 1.54) is 33.1 Å². The van der Waals surface area contributed by atoms with Crippen molar-refractivity contribution in [1.82, 2.24) is 23.4 Å². The van der Waals surface area contributed by atoms with Gasteiger partial charge in [-0.05, 0) is 86.7 Å². The highest BCUT2D eigenvalue weighted by atomic mass is 35.5. The Hall–Kier alpha value is -4.05. The minimum absolute atomic E-state index is 0.0213. The number of hydrogen-bond donors (Lipinski definition) is 0. The van der Waals surface area contributed by atoms with E-state index in [0.717, 1.165) is 63.1 Å². The highest BCUT2D eigenvalue weighted by Gasteiger charge is 2.49. The molecule has 0 radical (unpaired) electrons. The van der Waals surface area contributed by atoms with Gasteiger partial charge in [-0.15, -0.1) is 0 Å². The van der Waals surface area contributed by atoms with Gasteiger partial charge in [0, 0.05) is 36.2 Å². The van der Waals surface area contributed by atoms with Crippen LogP contribution in [0.15, 0.2) is 104 Å². The molecule has 0 amide bonds. The molecule has 3 aromatic carbocycles. The van der Waals surface area contributed by atoms with Crippen LogP contribution in [0.5, 0.6) is 5.88 Å². The van der Waals surface area contributed by atoms with Crippen LogP contribution in [0.25, 0.3) is 11.4 Å². The van der Waals surface area contributed by atoms with Gasteiger partial charge in [-0.1, -0.05) is 142 Å². The molecule has 0 unspecified atom stereocenters. The molecule has 0 atom stereocenters. The molecule has 3 heterocycles. The predicted molar refractivity (Wildman–Crippen MR) is 271 cm³/mol. The first kappa shape index (κ1) is 55.9. The van der Waals surface area contributed by atoms with E-state index in [-0.39, 0.29) is 22.7 Å². The van der Waals surface area contributed by atoms with E-state index in [9.17, 15) is 39.6 Å². The molecule has 1 fully saturated rings. The third-order valence-electron chi connectivity index (χ3n) is 11.2. The highest BCUT2D eigenvalue weighted by Crippen LogP contribution is 2.31. The molecule has 1 aliphatic rings. The first-order valence-electron chi connectivity index (χ1n) is 22.6. The molecule has 69 heavy (non-hydrogen) atoms. The number of alkyl halides is 3. The number of aromatic nitrogens is 4. The van der Waals surface area contributed by atoms with Crippen molar-refractivity contribution in [2.45, 2.75) is 112 Å². The molecule has 13 nitrogen and oxygen atoms in total. The normalized spacial score (nSPS) is 13.6. The fourth-order valence-corrected chi connectivity index (χ4v) is 11.0. The molecule has 2 aromatic heterocycles. The van der Waals surface area contributed by atoms with Crippen molar-refractivity contribution in [2.24, 2.45) is 0 Å². The summed E-state index contributed by atoms with van der Waals surface area (Å²) in [7, 11) is -9.54. The SMILES string of the molecule is CCCCCCCc1c(N2CCN(S(=O)(=O)c3ccccc3)CC2)nc(SC)n(-c2cccc(Cl)c2)c1=O.CCCCCCCc1c(OS(=O)(=O)C(F)(F)F)nc(SC)n(-c2cccc(Cl)c2)c1=O. The van der Waals surface area contributed by atoms with Crippen LogP contribution < -0.4 is 20.2 Å². The van der Waals surface area contributed by atoms with Crippen LogP contribution in [0.4, 0.5) is 19.0 Å². The number of sulfonamides is 1. The van der Waals surface area contributed by atoms with Crippen molar-refractivity contribution in [1.29, 1.82) is 0 Å². The molecule has 0 aliphatic carbocycles. The maximum atomic E-state index is 14.0. The number of anilines is 1. The lowest BCUT2D eigenvalue weighted by molar-refractivity contribution is -0.0502. The topological polar surface area (TPSA) is 154 Å². The van der Waals surface area contributed by atoms with Crippen LogP contribution in [0, 0.1) is 0 Å². The Labute approximate surface area is 421 Å².